The van der Waals surface area contributed by atoms with Crippen LogP contribution >= 0.6 is 0 Å². The van der Waals surface area contributed by atoms with Crippen LogP contribution in [-0.2, 0) is 4.79 Å². The number of halogens is 1. The lowest BCUT2D eigenvalue weighted by molar-refractivity contribution is -0.133. The predicted molar refractivity (Wildman–Crippen MR) is 137 cm³/mol. The standard InChI is InChI=1S/C28H28FN3O5/c1-31(28(34)18-9-12-20(35-2)13-10-18)17-27(33)32-24(19-11-14-25(36-3)26(15-19)37-4)16-23(30-32)21-7-5-6-8-22(21)29/h5-15,24H,16-17H2,1-4H3/t24-/m1/s1. The van der Waals surface area contributed by atoms with E-state index in [4.69, 9.17) is 14.2 Å². The number of hydrogen-bond acceptors (Lipinski definition) is 6. The maximum Gasteiger partial charge on any atom is 0.262 e. The van der Waals surface area contributed by atoms with Crippen LogP contribution in [0.1, 0.15) is 33.9 Å². The Labute approximate surface area is 214 Å². The normalized spacial score (nSPS) is 14.7. The van der Waals surface area contributed by atoms with E-state index in [-0.39, 0.29) is 18.9 Å². The van der Waals surface area contributed by atoms with Crippen LogP contribution in [0.4, 0.5) is 4.39 Å². The maximum absolute atomic E-state index is 14.6. The minimum Gasteiger partial charge on any atom is -0.497 e. The number of rotatable bonds is 8. The second-order valence-corrected chi connectivity index (χ2v) is 8.49. The van der Waals surface area contributed by atoms with Gasteiger partial charge >= 0.3 is 0 Å². The van der Waals surface area contributed by atoms with Gasteiger partial charge in [-0.25, -0.2) is 9.40 Å². The minimum atomic E-state index is -0.522. The molecule has 0 fully saturated rings. The van der Waals surface area contributed by atoms with Gasteiger partial charge in [0.05, 0.1) is 33.1 Å². The molecule has 0 bridgehead atoms. The lowest BCUT2D eigenvalue weighted by atomic mass is 9.97. The first kappa shape index (κ1) is 25.7. The van der Waals surface area contributed by atoms with Gasteiger partial charge in [-0.3, -0.25) is 9.59 Å². The Morgan fingerprint density at radius 3 is 2.32 bits per heavy atom. The zero-order valence-electron chi connectivity index (χ0n) is 21.1. The van der Waals surface area contributed by atoms with Crippen LogP contribution in [0.2, 0.25) is 0 Å². The molecular formula is C28H28FN3O5. The number of benzene rings is 3. The first-order valence-corrected chi connectivity index (χ1v) is 11.6. The lowest BCUT2D eigenvalue weighted by Gasteiger charge is -2.25. The summed E-state index contributed by atoms with van der Waals surface area (Å²) in [5.41, 5.74) is 1.93. The molecule has 3 aromatic carbocycles. The zero-order chi connectivity index (χ0) is 26.5. The van der Waals surface area contributed by atoms with Gasteiger partial charge in [0, 0.05) is 24.6 Å². The quantitative estimate of drug-likeness (QED) is 0.456. The number of carbonyl (C=O) groups is 2. The molecule has 1 atom stereocenters. The molecule has 192 valence electrons. The molecule has 1 aliphatic rings. The van der Waals surface area contributed by atoms with Crippen molar-refractivity contribution < 1.29 is 28.2 Å². The zero-order valence-corrected chi connectivity index (χ0v) is 21.1. The summed E-state index contributed by atoms with van der Waals surface area (Å²) in [5.74, 6) is 0.515. The molecule has 4 rings (SSSR count). The van der Waals surface area contributed by atoms with Crippen molar-refractivity contribution in [3.63, 3.8) is 0 Å². The van der Waals surface area contributed by atoms with Gasteiger partial charge in [-0.15, -0.1) is 0 Å². The highest BCUT2D eigenvalue weighted by Crippen LogP contribution is 2.37. The Morgan fingerprint density at radius 1 is 0.973 bits per heavy atom. The number of methoxy groups -OCH3 is 3. The van der Waals surface area contributed by atoms with Gasteiger partial charge in [-0.05, 0) is 48.0 Å². The Balaban J connectivity index is 1.62. The van der Waals surface area contributed by atoms with Crippen LogP contribution < -0.4 is 14.2 Å². The number of likely N-dealkylation sites (N-methyl/N-ethyl adjacent to an activating group) is 1. The molecule has 0 saturated heterocycles. The van der Waals surface area contributed by atoms with Crippen molar-refractivity contribution in [3.8, 4) is 17.2 Å². The fraction of sp³-hybridized carbons (Fsp3) is 0.250. The highest BCUT2D eigenvalue weighted by Gasteiger charge is 2.35. The maximum atomic E-state index is 14.6. The van der Waals surface area contributed by atoms with Crippen molar-refractivity contribution in [1.29, 1.82) is 0 Å². The van der Waals surface area contributed by atoms with E-state index < -0.39 is 17.8 Å². The van der Waals surface area contributed by atoms with Gasteiger partial charge in [0.15, 0.2) is 11.5 Å². The summed E-state index contributed by atoms with van der Waals surface area (Å²) < 4.78 is 30.5. The monoisotopic (exact) mass is 505 g/mol. The SMILES string of the molecule is COc1ccc(C(=O)N(C)CC(=O)N2N=C(c3ccccc3F)C[C@@H]2c2ccc(OC)c(OC)c2)cc1. The molecule has 1 heterocycles. The number of amides is 2. The van der Waals surface area contributed by atoms with Crippen LogP contribution in [-0.4, -0.2) is 62.4 Å². The van der Waals surface area contributed by atoms with Crippen molar-refractivity contribution in [2.24, 2.45) is 5.10 Å². The molecule has 0 unspecified atom stereocenters. The number of carbonyl (C=O) groups excluding carboxylic acids is 2. The average Bonchev–Trinajstić information content (AvgIpc) is 3.38. The fourth-order valence-electron chi connectivity index (χ4n) is 4.22. The minimum absolute atomic E-state index is 0.220. The summed E-state index contributed by atoms with van der Waals surface area (Å²) in [4.78, 5) is 27.7. The van der Waals surface area contributed by atoms with E-state index in [0.717, 1.165) is 5.56 Å². The highest BCUT2D eigenvalue weighted by atomic mass is 19.1. The van der Waals surface area contributed by atoms with Gasteiger partial charge in [0.2, 0.25) is 0 Å². The number of hydrogen-bond donors (Lipinski definition) is 0. The van der Waals surface area contributed by atoms with Crippen molar-refractivity contribution in [1.82, 2.24) is 9.91 Å². The van der Waals surface area contributed by atoms with E-state index >= 15 is 0 Å². The van der Waals surface area contributed by atoms with Crippen LogP contribution in [0.25, 0.3) is 0 Å². The Bertz CT molecular complexity index is 1330. The molecule has 0 saturated carbocycles. The molecule has 1 aliphatic heterocycles. The average molecular weight is 506 g/mol. The highest BCUT2D eigenvalue weighted by molar-refractivity contribution is 6.04. The lowest BCUT2D eigenvalue weighted by Crippen LogP contribution is -2.39. The topological polar surface area (TPSA) is 80.7 Å². The molecule has 9 heteroatoms. The fourth-order valence-corrected chi connectivity index (χ4v) is 4.22. The molecule has 37 heavy (non-hydrogen) atoms. The molecule has 3 aromatic rings. The van der Waals surface area contributed by atoms with Crippen LogP contribution in [0.5, 0.6) is 17.2 Å². The smallest absolute Gasteiger partial charge is 0.262 e. The predicted octanol–water partition coefficient (Wildman–Crippen LogP) is 4.30. The summed E-state index contributed by atoms with van der Waals surface area (Å²) in [5, 5.41) is 5.84. The van der Waals surface area contributed by atoms with Crippen LogP contribution in [0, 0.1) is 5.82 Å². The van der Waals surface area contributed by atoms with Crippen molar-refractivity contribution in [2.75, 3.05) is 34.9 Å². The van der Waals surface area contributed by atoms with Gasteiger partial charge in [-0.1, -0.05) is 24.3 Å². The second kappa shape index (κ2) is 11.1. The van der Waals surface area contributed by atoms with Gasteiger partial charge in [0.25, 0.3) is 11.8 Å². The Morgan fingerprint density at radius 2 is 1.68 bits per heavy atom. The summed E-state index contributed by atoms with van der Waals surface area (Å²) in [6.45, 7) is -0.220. The van der Waals surface area contributed by atoms with E-state index in [1.165, 1.54) is 30.2 Å². The van der Waals surface area contributed by atoms with Crippen molar-refractivity contribution in [2.45, 2.75) is 12.5 Å². The van der Waals surface area contributed by atoms with E-state index in [1.54, 1.807) is 68.8 Å². The number of nitrogens with zero attached hydrogens (tertiary/aromatic N) is 3. The van der Waals surface area contributed by atoms with Gasteiger partial charge < -0.3 is 19.1 Å². The summed E-state index contributed by atoms with van der Waals surface area (Å²) in [6.07, 6.45) is 0.290. The van der Waals surface area contributed by atoms with E-state index in [0.29, 0.717) is 34.1 Å². The molecule has 0 aliphatic carbocycles. The molecule has 0 radical (unpaired) electrons. The third kappa shape index (κ3) is 5.40. The third-order valence-corrected chi connectivity index (χ3v) is 6.20. The van der Waals surface area contributed by atoms with Gasteiger partial charge in [-0.2, -0.15) is 5.10 Å². The first-order chi connectivity index (χ1) is 17.9. The van der Waals surface area contributed by atoms with E-state index in [9.17, 15) is 14.0 Å². The van der Waals surface area contributed by atoms with E-state index in [1.807, 2.05) is 6.07 Å². The summed E-state index contributed by atoms with van der Waals surface area (Å²) in [7, 11) is 6.16. The number of hydrazone groups is 1. The Kier molecular flexibility index (Phi) is 7.71. The third-order valence-electron chi connectivity index (χ3n) is 6.20. The second-order valence-electron chi connectivity index (χ2n) is 8.49. The molecular weight excluding hydrogens is 477 g/mol. The van der Waals surface area contributed by atoms with Crippen molar-refractivity contribution >= 4 is 17.5 Å². The molecule has 0 N–H and O–H groups in total. The summed E-state index contributed by atoms with van der Waals surface area (Å²) in [6, 6.07) is 17.8. The summed E-state index contributed by atoms with van der Waals surface area (Å²) >= 11 is 0. The number of ether oxygens (including phenoxy) is 3. The largest absolute Gasteiger partial charge is 0.497 e. The van der Waals surface area contributed by atoms with Crippen molar-refractivity contribution in [3.05, 3.63) is 89.2 Å². The van der Waals surface area contributed by atoms with Crippen LogP contribution in [0.15, 0.2) is 71.8 Å². The van der Waals surface area contributed by atoms with Gasteiger partial charge in [0.1, 0.15) is 18.1 Å². The Hall–Kier alpha value is -4.40. The molecule has 8 nitrogen and oxygen atoms in total. The van der Waals surface area contributed by atoms with E-state index in [2.05, 4.69) is 5.10 Å². The molecule has 2 amide bonds. The molecule has 0 aromatic heterocycles. The molecule has 0 spiro atoms. The van der Waals surface area contributed by atoms with Crippen LogP contribution in [0.3, 0.4) is 0 Å². The first-order valence-electron chi connectivity index (χ1n) is 11.6.